The van der Waals surface area contributed by atoms with Gasteiger partial charge in [-0.25, -0.2) is 54.8 Å². The Morgan fingerprint density at radius 3 is 1.06 bits per heavy atom. The predicted octanol–water partition coefficient (Wildman–Crippen LogP) is 24.7. The minimum Gasteiger partial charge on any atom is -0.397 e. The number of unbranched alkanes of at least 4 members (excludes halogenated alkanes) is 2. The SMILES string of the molecule is C=S(C)(=O)c1sc2nc(-c3cccs3)cc(-c3ccccc3)c2c1N.CCCCS(=O)c1sc2nc(-c3cccs3)cc(-c3ccccc3)c2c1N.CCCCS(=O)c1sc2nc(-c3nccs3)cc(-c3cnc(C4CC4)n3C)c2c1N.COCCS(=O)c1sc2nc(-c3nccs3)cc(-c3cnc(C(C)C)n3C)c2c1N.COCCS(=O)c1sc2nc(-c3nccs3)cc(-c3cnc(C4CC4)n3C)c2c1N. The first kappa shape index (κ1) is 102. The standard InChI is InChI=1S/C21H23N5OS3.C21H20N2OS3.C20H21N5O2S3.C20H23N5O2S3.C19H16N2OS3/c1-3-4-9-30(27)21-17(22)16-13(15-11-24-18(26(15)2)12-5-6-12)10-14(25-20(16)29-21)19-23-7-8-28-19;1-2-3-12-27(24)21-19(22)18-15(14-8-5-4-6-9-14)13-16(23-20(18)26-21)17-10-7-11-25-17;1-25-14(10-23-17(25)11-3-4-11)12-9-13(18-22-5-7-28-18)24-19-15(12)16(21)20(29-19)30(26)8-6-27-2;1-11(2)17-23-10-14(25(17)3)12-9-13(18-22-5-7-28-18)24-19-15(12)16(21)20(29-19)30(26)8-6-27-4;1-25(2,22)19-17(20)16-13(12-7-4-3-5-8-12)11-14(21-18(16)24-19)15-9-6-10-23-15/h7-8,10-12H,3-6,9,22H2,1-2H3;4-11,13H,2-3,12,22H2,1H3;5,7,9-11H,3-4,6,8,21H2,1-2H3;5,7,9-11H,6,8,21H2,1-4H3;3-11H,1,20H2,2H3. The van der Waals surface area contributed by atoms with Gasteiger partial charge in [0.15, 0.2) is 0 Å². The van der Waals surface area contributed by atoms with Crippen molar-refractivity contribution in [3.8, 4) is 109 Å². The monoisotopic (exact) mass is 2170 g/mol. The zero-order chi connectivity index (χ0) is 99.5. The van der Waals surface area contributed by atoms with Gasteiger partial charge in [0.2, 0.25) is 0 Å². The number of anilines is 5. The van der Waals surface area contributed by atoms with Crippen molar-refractivity contribution in [2.24, 2.45) is 21.1 Å². The minimum atomic E-state index is -2.40. The number of ether oxygens (including phenoxy) is 2. The van der Waals surface area contributed by atoms with Crippen LogP contribution >= 0.6 is 113 Å². The molecule has 0 amide bonds. The number of nitrogen functional groups attached to an aromatic ring is 5. The molecule has 20 aromatic rings. The van der Waals surface area contributed by atoms with Crippen molar-refractivity contribution in [1.82, 2.24) is 68.5 Å². The number of rotatable bonds is 30. The molecule has 0 spiro atoms. The van der Waals surface area contributed by atoms with Crippen LogP contribution in [-0.2, 0) is 83.3 Å². The Morgan fingerprint density at radius 1 is 0.415 bits per heavy atom. The van der Waals surface area contributed by atoms with E-state index in [9.17, 15) is 21.0 Å². The van der Waals surface area contributed by atoms with Gasteiger partial charge in [-0.3, -0.25) is 21.0 Å². The zero-order valence-electron chi connectivity index (χ0n) is 79.3. The van der Waals surface area contributed by atoms with Crippen LogP contribution in [-0.4, -0.2) is 152 Å². The van der Waals surface area contributed by atoms with E-state index >= 15 is 0 Å². The van der Waals surface area contributed by atoms with Gasteiger partial charge >= 0.3 is 0 Å². The molecule has 5 atom stereocenters. The Hall–Kier alpha value is -10.6. The highest BCUT2D eigenvalue weighted by Crippen LogP contribution is 2.52. The summed E-state index contributed by atoms with van der Waals surface area (Å²) in [6.07, 6.45) is 21.3. The maximum Gasteiger partial charge on any atom is 0.141 e. The van der Waals surface area contributed by atoms with Crippen LogP contribution in [0.2, 0.25) is 0 Å². The highest BCUT2D eigenvalue weighted by Gasteiger charge is 2.34. The molecule has 10 N–H and O–H groups in total. The van der Waals surface area contributed by atoms with Gasteiger partial charge in [-0.1, -0.05) is 113 Å². The molecule has 0 bridgehead atoms. The molecular weight excluding hydrogens is 2070 g/mol. The van der Waals surface area contributed by atoms with Crippen molar-refractivity contribution in [3.05, 3.63) is 197 Å². The van der Waals surface area contributed by atoms with E-state index in [4.69, 9.17) is 68.0 Å². The smallest absolute Gasteiger partial charge is 0.141 e. The number of aromatic nitrogens is 14. The molecule has 18 heterocycles. The number of thiazole rings is 3. The third kappa shape index (κ3) is 21.5. The summed E-state index contributed by atoms with van der Waals surface area (Å²) in [5.41, 5.74) is 49.6. The quantitative estimate of drug-likeness (QED) is 0.0261. The first-order valence-corrected chi connectivity index (χ1v) is 61.5. The van der Waals surface area contributed by atoms with E-state index in [0.717, 1.165) is 212 Å². The number of thiophene rings is 7. The second kappa shape index (κ2) is 44.6. The molecule has 0 radical (unpaired) electrons. The van der Waals surface area contributed by atoms with Crippen LogP contribution in [0.15, 0.2) is 200 Å². The van der Waals surface area contributed by atoms with Crippen LogP contribution in [0.1, 0.15) is 114 Å². The van der Waals surface area contributed by atoms with Crippen molar-refractivity contribution in [3.63, 3.8) is 0 Å². The number of benzene rings is 2. The van der Waals surface area contributed by atoms with Gasteiger partial charge in [-0.2, -0.15) is 0 Å². The van der Waals surface area contributed by atoms with Crippen molar-refractivity contribution in [1.29, 1.82) is 0 Å². The van der Waals surface area contributed by atoms with E-state index in [-0.39, 0.29) is 5.92 Å². The summed E-state index contributed by atoms with van der Waals surface area (Å²) in [7, 11) is 2.23. The Kier molecular flexibility index (Phi) is 31.9. The van der Waals surface area contributed by atoms with Crippen LogP contribution in [0, 0.1) is 0 Å². The Morgan fingerprint density at radius 2 is 0.746 bits per heavy atom. The molecule has 2 aliphatic rings. The molecule has 2 saturated carbocycles. The summed E-state index contributed by atoms with van der Waals surface area (Å²) >= 11 is 15.0. The molecule has 2 aromatic carbocycles. The summed E-state index contributed by atoms with van der Waals surface area (Å²) in [6.45, 7) is 9.26. The average Bonchev–Trinajstić information content (AvgIpc) is 1.71. The summed E-state index contributed by atoms with van der Waals surface area (Å²) in [5.74, 6) is 10.5. The fraction of sp³-hybridized carbons (Fsp3) is 0.267. The summed E-state index contributed by atoms with van der Waals surface area (Å²) in [6, 6.07) is 38.7. The fourth-order valence-corrected chi connectivity index (χ4v) is 32.8. The highest BCUT2D eigenvalue weighted by atomic mass is 32.2. The number of methoxy groups -OCH3 is 2. The lowest BCUT2D eigenvalue weighted by molar-refractivity contribution is 0.218. The maximum atomic E-state index is 12.9. The number of pyridine rings is 5. The Balaban J connectivity index is 0.000000117. The van der Waals surface area contributed by atoms with E-state index < -0.39 is 52.7 Å². The second-order valence-electron chi connectivity index (χ2n) is 34.2. The van der Waals surface area contributed by atoms with Gasteiger partial charge in [0.05, 0.1) is 153 Å². The number of fused-ring (bicyclic) bond motifs is 5. The summed E-state index contributed by atoms with van der Waals surface area (Å²) in [4.78, 5) is 57.6. The molecule has 2 aliphatic carbocycles. The lowest BCUT2D eigenvalue weighted by Crippen LogP contribution is -2.05. The molecule has 22 rings (SSSR count). The number of nitrogens with zero attached hydrogens (tertiary/aromatic N) is 14. The molecule has 0 saturated heterocycles. The first-order valence-electron chi connectivity index (χ1n) is 45.6. The van der Waals surface area contributed by atoms with Crippen molar-refractivity contribution >= 4 is 251 Å². The van der Waals surface area contributed by atoms with E-state index in [1.807, 2.05) is 115 Å². The zero-order valence-corrected chi connectivity index (χ0v) is 91.5. The maximum absolute atomic E-state index is 12.9. The molecule has 734 valence electrons. The minimum absolute atomic E-state index is 0.288. The summed E-state index contributed by atoms with van der Waals surface area (Å²) in [5, 5.41) is 16.8. The van der Waals surface area contributed by atoms with Crippen LogP contribution in [0.5, 0.6) is 0 Å². The predicted molar refractivity (Wildman–Crippen MR) is 604 cm³/mol. The molecule has 0 aliphatic heterocycles. The van der Waals surface area contributed by atoms with Gasteiger partial charge in [0.25, 0.3) is 0 Å². The Labute approximate surface area is 872 Å². The lowest BCUT2D eigenvalue weighted by Gasteiger charge is -2.11. The first-order chi connectivity index (χ1) is 68.7. The number of hydrogen-bond acceptors (Lipinski definition) is 33. The topological polar surface area (TPSA) is 390 Å². The van der Waals surface area contributed by atoms with Gasteiger partial charge < -0.3 is 51.8 Å². The fourth-order valence-electron chi connectivity index (χ4n) is 16.5. The van der Waals surface area contributed by atoms with Crippen molar-refractivity contribution in [2.75, 3.05) is 85.4 Å². The van der Waals surface area contributed by atoms with E-state index in [1.165, 1.54) is 93.7 Å². The van der Waals surface area contributed by atoms with Crippen molar-refractivity contribution < 1.29 is 30.5 Å². The highest BCUT2D eigenvalue weighted by molar-refractivity contribution is 8.01. The molecule has 41 heteroatoms. The van der Waals surface area contributed by atoms with E-state index in [0.29, 0.717) is 89.1 Å². The lowest BCUT2D eigenvalue weighted by atomic mass is 10.0. The Bertz CT molecular complexity index is 7690. The molecule has 26 nitrogen and oxygen atoms in total. The van der Waals surface area contributed by atoms with E-state index in [2.05, 4.69) is 139 Å². The van der Waals surface area contributed by atoms with Crippen LogP contribution in [0.4, 0.5) is 28.4 Å². The van der Waals surface area contributed by atoms with Gasteiger partial charge in [-0.15, -0.1) is 113 Å². The van der Waals surface area contributed by atoms with Gasteiger partial charge in [-0.05, 0) is 120 Å². The normalized spacial score (nSPS) is 13.9. The van der Waals surface area contributed by atoms with Crippen molar-refractivity contribution in [2.45, 2.75) is 118 Å². The number of nitrogens with two attached hydrogens (primary N) is 5. The second-order valence-corrected chi connectivity index (χ2v) is 53.5. The molecule has 18 aromatic heterocycles. The summed E-state index contributed by atoms with van der Waals surface area (Å²) < 4.78 is 83.8. The third-order valence-corrected chi connectivity index (χ3v) is 42.9. The largest absolute Gasteiger partial charge is 0.397 e. The molecular formula is C101H103N19O7S15. The van der Waals surface area contributed by atoms with Crippen LogP contribution in [0.25, 0.3) is 160 Å². The molecule has 5 unspecified atom stereocenters. The van der Waals surface area contributed by atoms with Crippen LogP contribution < -0.4 is 28.7 Å². The number of imidazole rings is 3. The molecule has 142 heavy (non-hydrogen) atoms. The van der Waals surface area contributed by atoms with E-state index in [1.54, 1.807) is 84.4 Å². The van der Waals surface area contributed by atoms with Gasteiger partial charge in [0.1, 0.15) is 94.8 Å². The average molecular weight is 2180 g/mol. The van der Waals surface area contributed by atoms with Gasteiger partial charge in [0, 0.05) is 159 Å². The van der Waals surface area contributed by atoms with Crippen LogP contribution in [0.3, 0.4) is 0 Å². The molecule has 2 fully saturated rings. The number of hydrogen-bond donors (Lipinski definition) is 5. The third-order valence-electron chi connectivity index (χ3n) is 23.8.